The number of halogens is 2. The van der Waals surface area contributed by atoms with Crippen LogP contribution in [0.2, 0.25) is 10.0 Å². The van der Waals surface area contributed by atoms with Crippen molar-refractivity contribution < 1.29 is 14.7 Å². The molecule has 0 unspecified atom stereocenters. The average Bonchev–Trinajstić information content (AvgIpc) is 2.68. The van der Waals surface area contributed by atoms with Crippen molar-refractivity contribution in [2.75, 3.05) is 11.1 Å². The van der Waals surface area contributed by atoms with E-state index in [2.05, 4.69) is 5.32 Å². The van der Waals surface area contributed by atoms with Crippen LogP contribution >= 0.6 is 35.0 Å². The fourth-order valence-corrected chi connectivity index (χ4v) is 4.16. The summed E-state index contributed by atoms with van der Waals surface area (Å²) in [5.74, 6) is -1.16. The van der Waals surface area contributed by atoms with Crippen LogP contribution in [0, 0.1) is 6.92 Å². The smallest absolute Gasteiger partial charge is 0.335 e. The molecule has 0 aliphatic heterocycles. The van der Waals surface area contributed by atoms with Crippen molar-refractivity contribution in [2.45, 2.75) is 11.8 Å². The van der Waals surface area contributed by atoms with E-state index in [1.54, 1.807) is 0 Å². The lowest BCUT2D eigenvalue weighted by molar-refractivity contribution is -0.113. The highest BCUT2D eigenvalue weighted by Gasteiger charge is 2.13. The summed E-state index contributed by atoms with van der Waals surface area (Å²) in [4.78, 5) is 24.3. The molecule has 0 fully saturated rings. The van der Waals surface area contributed by atoms with Crippen LogP contribution < -0.4 is 5.32 Å². The Kier molecular flexibility index (Phi) is 6.85. The minimum Gasteiger partial charge on any atom is -0.478 e. The Morgan fingerprint density at radius 3 is 2.41 bits per heavy atom. The molecular formula is C22H17Cl2NO3S. The first-order chi connectivity index (χ1) is 13.8. The molecule has 0 bridgehead atoms. The number of aromatic carboxylic acids is 1. The van der Waals surface area contributed by atoms with Crippen molar-refractivity contribution in [1.29, 1.82) is 0 Å². The third kappa shape index (κ3) is 5.32. The van der Waals surface area contributed by atoms with Crippen molar-refractivity contribution in [3.63, 3.8) is 0 Å². The van der Waals surface area contributed by atoms with Gasteiger partial charge in [0, 0.05) is 15.5 Å². The highest BCUT2D eigenvalue weighted by molar-refractivity contribution is 8.00. The summed E-state index contributed by atoms with van der Waals surface area (Å²) >= 11 is 13.9. The van der Waals surface area contributed by atoms with Gasteiger partial charge in [0.1, 0.15) is 0 Å². The molecule has 3 rings (SSSR count). The van der Waals surface area contributed by atoms with E-state index < -0.39 is 5.97 Å². The number of carboxylic acid groups (broad SMARTS) is 1. The number of carbonyl (C=O) groups excluding carboxylic acids is 1. The molecule has 1 amide bonds. The second-order valence-electron chi connectivity index (χ2n) is 6.32. The third-order valence-corrected chi connectivity index (χ3v) is 5.85. The Labute approximate surface area is 182 Å². The Hall–Kier alpha value is -2.47. The van der Waals surface area contributed by atoms with Crippen molar-refractivity contribution in [2.24, 2.45) is 0 Å². The maximum absolute atomic E-state index is 12.4. The number of rotatable bonds is 6. The van der Waals surface area contributed by atoms with Gasteiger partial charge in [-0.1, -0.05) is 53.5 Å². The Bertz CT molecular complexity index is 1090. The molecule has 0 aromatic heterocycles. The third-order valence-electron chi connectivity index (χ3n) is 4.15. The van der Waals surface area contributed by atoms with Crippen LogP contribution in [0.5, 0.6) is 0 Å². The zero-order valence-electron chi connectivity index (χ0n) is 15.4. The van der Waals surface area contributed by atoms with Crippen LogP contribution in [0.25, 0.3) is 11.1 Å². The molecule has 0 aliphatic carbocycles. The molecule has 4 nitrogen and oxygen atoms in total. The van der Waals surface area contributed by atoms with Crippen LogP contribution in [0.15, 0.2) is 65.6 Å². The van der Waals surface area contributed by atoms with E-state index >= 15 is 0 Å². The summed E-state index contributed by atoms with van der Waals surface area (Å²) in [5.41, 5.74) is 3.38. The molecule has 0 atom stereocenters. The Balaban J connectivity index is 1.72. The molecule has 0 radical (unpaired) electrons. The molecule has 29 heavy (non-hydrogen) atoms. The molecule has 0 saturated heterocycles. The Morgan fingerprint density at radius 1 is 0.966 bits per heavy atom. The number of thioether (sulfide) groups is 1. The number of hydrogen-bond acceptors (Lipinski definition) is 3. The normalized spacial score (nSPS) is 10.6. The minimum atomic E-state index is -1.08. The van der Waals surface area contributed by atoms with Gasteiger partial charge in [0.2, 0.25) is 5.91 Å². The predicted molar refractivity (Wildman–Crippen MR) is 119 cm³/mol. The summed E-state index contributed by atoms with van der Waals surface area (Å²) in [6, 6.07) is 17.8. The van der Waals surface area contributed by atoms with Gasteiger partial charge in [0.05, 0.1) is 22.0 Å². The molecular weight excluding hydrogens is 429 g/mol. The first kappa shape index (κ1) is 21.2. The molecule has 7 heteroatoms. The molecule has 3 aromatic carbocycles. The highest BCUT2D eigenvalue weighted by Crippen LogP contribution is 2.36. The molecule has 2 N–H and O–H groups in total. The molecule has 148 valence electrons. The summed E-state index contributed by atoms with van der Waals surface area (Å²) in [7, 11) is 0. The first-order valence-corrected chi connectivity index (χ1v) is 10.4. The van der Waals surface area contributed by atoms with E-state index in [4.69, 9.17) is 28.3 Å². The second-order valence-corrected chi connectivity index (χ2v) is 8.15. The molecule has 3 aromatic rings. The van der Waals surface area contributed by atoms with Gasteiger partial charge in [0.15, 0.2) is 0 Å². The summed E-state index contributed by atoms with van der Waals surface area (Å²) < 4.78 is 0. The fraction of sp³-hybridized carbons (Fsp3) is 0.0909. The number of amides is 1. The standard InChI is InChI=1S/C22H17Cl2NO3S/c1-13-6-8-15(17(23)10-13)16-4-2-3-5-20(16)29-12-21(26)25-19-9-7-14(22(27)28)11-18(19)24/h2-11H,12H2,1H3,(H,25,26)(H,27,28). The lowest BCUT2D eigenvalue weighted by Crippen LogP contribution is -2.14. The molecule has 0 spiro atoms. The Morgan fingerprint density at radius 2 is 1.72 bits per heavy atom. The van der Waals surface area contributed by atoms with Crippen LogP contribution in [0.3, 0.4) is 0 Å². The van der Waals surface area contributed by atoms with Crippen molar-refractivity contribution in [3.05, 3.63) is 81.8 Å². The summed E-state index contributed by atoms with van der Waals surface area (Å²) in [6.45, 7) is 1.98. The quantitative estimate of drug-likeness (QED) is 0.430. The monoisotopic (exact) mass is 445 g/mol. The SMILES string of the molecule is Cc1ccc(-c2ccccc2SCC(=O)Nc2ccc(C(=O)O)cc2Cl)c(Cl)c1. The number of anilines is 1. The van der Waals surface area contributed by atoms with Crippen LogP contribution in [-0.4, -0.2) is 22.7 Å². The highest BCUT2D eigenvalue weighted by atomic mass is 35.5. The van der Waals surface area contributed by atoms with Crippen LogP contribution in [-0.2, 0) is 4.79 Å². The van der Waals surface area contributed by atoms with E-state index in [-0.39, 0.29) is 22.2 Å². The number of carboxylic acids is 1. The zero-order chi connectivity index (χ0) is 21.0. The summed E-state index contributed by atoms with van der Waals surface area (Å²) in [5, 5.41) is 12.5. The van der Waals surface area contributed by atoms with Gasteiger partial charge in [-0.2, -0.15) is 0 Å². The number of hydrogen-bond donors (Lipinski definition) is 2. The second kappa shape index (κ2) is 9.35. The van der Waals surface area contributed by atoms with Crippen LogP contribution in [0.4, 0.5) is 5.69 Å². The van der Waals surface area contributed by atoms with Gasteiger partial charge in [-0.25, -0.2) is 4.79 Å². The van der Waals surface area contributed by atoms with Gasteiger partial charge in [-0.3, -0.25) is 4.79 Å². The summed E-state index contributed by atoms with van der Waals surface area (Å²) in [6.07, 6.45) is 0. The van der Waals surface area contributed by atoms with Crippen molar-refractivity contribution in [3.8, 4) is 11.1 Å². The van der Waals surface area contributed by atoms with Gasteiger partial charge in [-0.15, -0.1) is 11.8 Å². The number of benzene rings is 3. The predicted octanol–water partition coefficient (Wildman–Crippen LogP) is 6.40. The zero-order valence-corrected chi connectivity index (χ0v) is 17.7. The molecule has 0 aliphatic rings. The van der Waals surface area contributed by atoms with Gasteiger partial charge in [-0.05, 0) is 48.4 Å². The van der Waals surface area contributed by atoms with Crippen molar-refractivity contribution >= 4 is 52.5 Å². The van der Waals surface area contributed by atoms with E-state index in [1.165, 1.54) is 30.0 Å². The molecule has 0 saturated carbocycles. The maximum atomic E-state index is 12.4. The van der Waals surface area contributed by atoms with E-state index in [0.29, 0.717) is 10.7 Å². The van der Waals surface area contributed by atoms with Crippen LogP contribution in [0.1, 0.15) is 15.9 Å². The topological polar surface area (TPSA) is 66.4 Å². The van der Waals surface area contributed by atoms with Crippen molar-refractivity contribution in [1.82, 2.24) is 0 Å². The van der Waals surface area contributed by atoms with Gasteiger partial charge < -0.3 is 10.4 Å². The number of carbonyl (C=O) groups is 2. The van der Waals surface area contributed by atoms with E-state index in [0.717, 1.165) is 21.6 Å². The lowest BCUT2D eigenvalue weighted by Gasteiger charge is -2.12. The van der Waals surface area contributed by atoms with E-state index in [1.807, 2.05) is 49.4 Å². The number of aryl methyl sites for hydroxylation is 1. The number of nitrogens with one attached hydrogen (secondary N) is 1. The minimum absolute atomic E-state index is 0.0614. The fourth-order valence-electron chi connectivity index (χ4n) is 2.73. The lowest BCUT2D eigenvalue weighted by atomic mass is 10.0. The molecule has 0 heterocycles. The maximum Gasteiger partial charge on any atom is 0.335 e. The average molecular weight is 446 g/mol. The van der Waals surface area contributed by atoms with Gasteiger partial charge in [0.25, 0.3) is 0 Å². The first-order valence-electron chi connectivity index (χ1n) is 8.66. The van der Waals surface area contributed by atoms with E-state index in [9.17, 15) is 9.59 Å². The largest absolute Gasteiger partial charge is 0.478 e. The van der Waals surface area contributed by atoms with Gasteiger partial charge >= 0.3 is 5.97 Å².